The van der Waals surface area contributed by atoms with Crippen molar-refractivity contribution in [2.24, 2.45) is 11.8 Å². The molecule has 2 N–H and O–H groups in total. The number of halogens is 3. The smallest absolute Gasteiger partial charge is 0.422 e. The third-order valence-electron chi connectivity index (χ3n) is 3.59. The van der Waals surface area contributed by atoms with Gasteiger partial charge in [-0.05, 0) is 31.0 Å². The lowest BCUT2D eigenvalue weighted by Gasteiger charge is -2.15. The van der Waals surface area contributed by atoms with E-state index in [1.807, 2.05) is 0 Å². The number of aliphatic carboxylic acids is 1. The number of carboxylic acid groups (broad SMARTS) is 1. The van der Waals surface area contributed by atoms with E-state index >= 15 is 0 Å². The number of ether oxygens (including phenoxy) is 1. The molecule has 1 fully saturated rings. The van der Waals surface area contributed by atoms with Gasteiger partial charge in [-0.2, -0.15) is 13.2 Å². The van der Waals surface area contributed by atoms with Crippen LogP contribution in [0.4, 0.5) is 13.2 Å². The van der Waals surface area contributed by atoms with Crippen LogP contribution in [-0.2, 0) is 9.59 Å². The second-order valence-electron chi connectivity index (χ2n) is 5.49. The lowest BCUT2D eigenvalue weighted by atomic mass is 10.1. The van der Waals surface area contributed by atoms with Crippen molar-refractivity contribution >= 4 is 11.9 Å². The number of benzene rings is 1. The molecule has 1 aromatic rings. The van der Waals surface area contributed by atoms with E-state index in [1.165, 1.54) is 12.1 Å². The van der Waals surface area contributed by atoms with Crippen LogP contribution in [0, 0.1) is 11.8 Å². The molecule has 126 valence electrons. The number of hydrogen-bond donors (Lipinski definition) is 2. The van der Waals surface area contributed by atoms with Gasteiger partial charge in [0.1, 0.15) is 5.75 Å². The fraction of sp³-hybridized carbons (Fsp3) is 0.467. The fourth-order valence-electron chi connectivity index (χ4n) is 2.18. The van der Waals surface area contributed by atoms with Crippen LogP contribution < -0.4 is 10.1 Å². The number of carbonyl (C=O) groups excluding carboxylic acids is 1. The highest BCUT2D eigenvalue weighted by atomic mass is 19.4. The summed E-state index contributed by atoms with van der Waals surface area (Å²) in [5.74, 6) is -2.37. The zero-order valence-electron chi connectivity index (χ0n) is 12.3. The fourth-order valence-corrected chi connectivity index (χ4v) is 2.18. The summed E-state index contributed by atoms with van der Waals surface area (Å²) in [4.78, 5) is 22.6. The quantitative estimate of drug-likeness (QED) is 0.840. The summed E-state index contributed by atoms with van der Waals surface area (Å²) in [5, 5.41) is 11.5. The summed E-state index contributed by atoms with van der Waals surface area (Å²) in [5.41, 5.74) is 0.685. The summed E-state index contributed by atoms with van der Waals surface area (Å²) >= 11 is 0. The molecule has 0 aliphatic heterocycles. The van der Waals surface area contributed by atoms with Gasteiger partial charge >= 0.3 is 12.1 Å². The Morgan fingerprint density at radius 2 is 1.91 bits per heavy atom. The largest absolute Gasteiger partial charge is 0.484 e. The molecule has 23 heavy (non-hydrogen) atoms. The highest BCUT2D eigenvalue weighted by Crippen LogP contribution is 2.39. The van der Waals surface area contributed by atoms with Gasteiger partial charge in [0.05, 0.1) is 17.9 Å². The van der Waals surface area contributed by atoms with Crippen molar-refractivity contribution < 1.29 is 32.6 Å². The van der Waals surface area contributed by atoms with E-state index in [0.29, 0.717) is 12.0 Å². The summed E-state index contributed by atoms with van der Waals surface area (Å²) < 4.78 is 40.7. The van der Waals surface area contributed by atoms with Crippen LogP contribution in [0.15, 0.2) is 24.3 Å². The Morgan fingerprint density at radius 3 is 2.39 bits per heavy atom. The molecule has 0 spiro atoms. The minimum atomic E-state index is -4.40. The van der Waals surface area contributed by atoms with Crippen LogP contribution in [0.25, 0.3) is 0 Å². The molecule has 0 radical (unpaired) electrons. The first kappa shape index (κ1) is 17.1. The third kappa shape index (κ3) is 4.87. The SMILES string of the molecule is C[C@H](NC(=O)[C@@H]1C[C@H]1C(=O)O)c1ccc(OCC(F)(F)F)cc1. The van der Waals surface area contributed by atoms with Gasteiger partial charge < -0.3 is 15.2 Å². The highest BCUT2D eigenvalue weighted by molar-refractivity contribution is 5.89. The lowest BCUT2D eigenvalue weighted by molar-refractivity contribution is -0.153. The van der Waals surface area contributed by atoms with Crippen LogP contribution in [0.2, 0.25) is 0 Å². The molecule has 1 amide bonds. The molecule has 0 aromatic heterocycles. The molecule has 1 saturated carbocycles. The van der Waals surface area contributed by atoms with Crippen molar-refractivity contribution in [3.63, 3.8) is 0 Å². The molecule has 0 unspecified atom stereocenters. The van der Waals surface area contributed by atoms with E-state index in [4.69, 9.17) is 5.11 Å². The van der Waals surface area contributed by atoms with Crippen molar-refractivity contribution in [2.75, 3.05) is 6.61 Å². The van der Waals surface area contributed by atoms with Crippen molar-refractivity contribution in [3.8, 4) is 5.75 Å². The first-order valence-corrected chi connectivity index (χ1v) is 7.00. The standard InChI is InChI=1S/C15H16F3NO4/c1-8(19-13(20)11-6-12(11)14(21)22)9-2-4-10(5-3-9)23-7-15(16,17)18/h2-5,8,11-12H,6-7H2,1H3,(H,19,20)(H,21,22)/t8-,11+,12+/m0/s1. The number of hydrogen-bond acceptors (Lipinski definition) is 3. The van der Waals surface area contributed by atoms with Gasteiger partial charge in [-0.3, -0.25) is 9.59 Å². The Morgan fingerprint density at radius 1 is 1.30 bits per heavy atom. The summed E-state index contributed by atoms with van der Waals surface area (Å²) in [6, 6.07) is 5.51. The van der Waals surface area contributed by atoms with Gasteiger partial charge in [-0.25, -0.2) is 0 Å². The Balaban J connectivity index is 1.87. The zero-order chi connectivity index (χ0) is 17.2. The van der Waals surface area contributed by atoms with Crippen LogP contribution in [0.3, 0.4) is 0 Å². The van der Waals surface area contributed by atoms with Gasteiger partial charge in [0, 0.05) is 0 Å². The predicted molar refractivity (Wildman–Crippen MR) is 73.8 cm³/mol. The topological polar surface area (TPSA) is 75.6 Å². The Labute approximate surface area is 130 Å². The summed E-state index contributed by atoms with van der Waals surface area (Å²) in [7, 11) is 0. The third-order valence-corrected chi connectivity index (χ3v) is 3.59. The van der Waals surface area contributed by atoms with Gasteiger partial charge in [-0.15, -0.1) is 0 Å². The summed E-state index contributed by atoms with van der Waals surface area (Å²) in [6.07, 6.45) is -4.07. The number of carboxylic acids is 1. The first-order chi connectivity index (χ1) is 10.7. The van der Waals surface area contributed by atoms with Crippen LogP contribution in [0.1, 0.15) is 24.9 Å². The number of amides is 1. The van der Waals surface area contributed by atoms with Gasteiger partial charge in [0.15, 0.2) is 6.61 Å². The van der Waals surface area contributed by atoms with Crippen LogP contribution >= 0.6 is 0 Å². The van der Waals surface area contributed by atoms with Crippen molar-refractivity contribution in [1.82, 2.24) is 5.32 Å². The van der Waals surface area contributed by atoms with Crippen molar-refractivity contribution in [2.45, 2.75) is 25.6 Å². The monoisotopic (exact) mass is 331 g/mol. The Hall–Kier alpha value is -2.25. The van der Waals surface area contributed by atoms with E-state index in [1.54, 1.807) is 19.1 Å². The zero-order valence-corrected chi connectivity index (χ0v) is 12.3. The predicted octanol–water partition coefficient (Wildman–Crippen LogP) is 2.53. The van der Waals surface area contributed by atoms with Crippen molar-refractivity contribution in [3.05, 3.63) is 29.8 Å². The highest BCUT2D eigenvalue weighted by Gasteiger charge is 2.48. The molecule has 5 nitrogen and oxygen atoms in total. The molecule has 3 atom stereocenters. The van der Waals surface area contributed by atoms with Gasteiger partial charge in [0.2, 0.25) is 5.91 Å². The number of rotatable bonds is 6. The van der Waals surface area contributed by atoms with Crippen molar-refractivity contribution in [1.29, 1.82) is 0 Å². The number of nitrogens with one attached hydrogen (secondary N) is 1. The average molecular weight is 331 g/mol. The average Bonchev–Trinajstić information content (AvgIpc) is 3.25. The maximum absolute atomic E-state index is 12.0. The maximum atomic E-state index is 12.0. The maximum Gasteiger partial charge on any atom is 0.422 e. The molecule has 8 heteroatoms. The molecular weight excluding hydrogens is 315 g/mol. The number of carbonyl (C=O) groups is 2. The lowest BCUT2D eigenvalue weighted by Crippen LogP contribution is -2.29. The number of alkyl halides is 3. The second kappa shape index (κ2) is 6.47. The molecule has 0 saturated heterocycles. The van der Waals surface area contributed by atoms with Crippen LogP contribution in [0.5, 0.6) is 5.75 Å². The molecule has 0 heterocycles. The van der Waals surface area contributed by atoms with E-state index in [-0.39, 0.29) is 17.7 Å². The Bertz CT molecular complexity index is 585. The first-order valence-electron chi connectivity index (χ1n) is 7.00. The van der Waals surface area contributed by atoms with Gasteiger partial charge in [-0.1, -0.05) is 12.1 Å². The molecule has 1 aliphatic carbocycles. The van der Waals surface area contributed by atoms with E-state index < -0.39 is 30.6 Å². The minimum Gasteiger partial charge on any atom is -0.484 e. The van der Waals surface area contributed by atoms with Gasteiger partial charge in [0.25, 0.3) is 0 Å². The molecule has 0 bridgehead atoms. The molecule has 1 aromatic carbocycles. The van der Waals surface area contributed by atoms with E-state index in [2.05, 4.69) is 10.1 Å². The second-order valence-corrected chi connectivity index (χ2v) is 5.49. The molecule has 1 aliphatic rings. The Kier molecular flexibility index (Phi) is 4.82. The van der Waals surface area contributed by atoms with E-state index in [0.717, 1.165) is 0 Å². The minimum absolute atomic E-state index is 0.0812. The molecular formula is C15H16F3NO4. The normalized spacial score (nSPS) is 21.4. The summed E-state index contributed by atoms with van der Waals surface area (Å²) in [6.45, 7) is 0.346. The van der Waals surface area contributed by atoms with E-state index in [9.17, 15) is 22.8 Å². The van der Waals surface area contributed by atoms with Crippen LogP contribution in [-0.4, -0.2) is 29.8 Å². The molecule has 2 rings (SSSR count).